The highest BCUT2D eigenvalue weighted by Crippen LogP contribution is 2.18. The zero-order valence-electron chi connectivity index (χ0n) is 12.2. The van der Waals surface area contributed by atoms with Crippen LogP contribution in [0.3, 0.4) is 0 Å². The summed E-state index contributed by atoms with van der Waals surface area (Å²) in [5.41, 5.74) is 6.11. The predicted octanol–water partition coefficient (Wildman–Crippen LogP) is 3.08. The summed E-state index contributed by atoms with van der Waals surface area (Å²) in [6.07, 6.45) is 0.426. The van der Waals surface area contributed by atoms with Gasteiger partial charge in [-0.2, -0.15) is 5.10 Å². The van der Waals surface area contributed by atoms with Crippen molar-refractivity contribution < 1.29 is 4.79 Å². The third kappa shape index (κ3) is 2.46. The number of hydrogen-bond acceptors (Lipinski definition) is 2. The molecule has 100 valence electrons. The molecule has 0 radical (unpaired) electrons. The molecule has 0 aliphatic carbocycles. The second-order valence-corrected chi connectivity index (χ2v) is 5.12. The minimum absolute atomic E-state index is 0.167. The first-order valence-corrected chi connectivity index (χ1v) is 6.50. The molecule has 0 bridgehead atoms. The summed E-state index contributed by atoms with van der Waals surface area (Å²) < 4.78 is 1.83. The van der Waals surface area contributed by atoms with Crippen LogP contribution >= 0.6 is 0 Å². The number of aromatic nitrogens is 2. The van der Waals surface area contributed by atoms with E-state index in [1.165, 1.54) is 0 Å². The summed E-state index contributed by atoms with van der Waals surface area (Å²) in [5, 5.41) is 4.36. The fourth-order valence-electron chi connectivity index (χ4n) is 2.38. The highest BCUT2D eigenvalue weighted by atomic mass is 16.1. The van der Waals surface area contributed by atoms with Gasteiger partial charge in [0.05, 0.1) is 5.69 Å². The molecule has 0 saturated heterocycles. The van der Waals surface area contributed by atoms with Crippen molar-refractivity contribution in [3.8, 4) is 0 Å². The molecule has 19 heavy (non-hydrogen) atoms. The third-order valence-corrected chi connectivity index (χ3v) is 3.90. The Hall–Kier alpha value is -1.90. The Labute approximate surface area is 114 Å². The Balaban J connectivity index is 2.34. The molecule has 0 fully saturated rings. The van der Waals surface area contributed by atoms with Crippen LogP contribution in [-0.2, 0) is 13.5 Å². The summed E-state index contributed by atoms with van der Waals surface area (Å²) in [6, 6.07) is 5.89. The van der Waals surface area contributed by atoms with Gasteiger partial charge < -0.3 is 0 Å². The molecule has 0 spiro atoms. The van der Waals surface area contributed by atoms with Crippen LogP contribution in [-0.4, -0.2) is 15.6 Å². The molecule has 3 nitrogen and oxygen atoms in total. The average Bonchev–Trinajstić information content (AvgIpc) is 2.59. The van der Waals surface area contributed by atoms with Gasteiger partial charge in [-0.15, -0.1) is 0 Å². The number of ketones is 1. The molecule has 3 heteroatoms. The van der Waals surface area contributed by atoms with Crippen LogP contribution in [0.25, 0.3) is 0 Å². The van der Waals surface area contributed by atoms with E-state index in [0.29, 0.717) is 6.42 Å². The van der Waals surface area contributed by atoms with E-state index in [1.54, 1.807) is 0 Å². The van der Waals surface area contributed by atoms with Crippen molar-refractivity contribution >= 4 is 5.78 Å². The Bertz CT molecular complexity index is 638. The van der Waals surface area contributed by atoms with Crippen LogP contribution in [0, 0.1) is 27.7 Å². The summed E-state index contributed by atoms with van der Waals surface area (Å²) in [5.74, 6) is 0.167. The first-order valence-electron chi connectivity index (χ1n) is 6.50. The number of Topliss-reactive ketones (excluding diaryl/α,β-unsaturated/α-hetero) is 1. The molecule has 1 heterocycles. The van der Waals surface area contributed by atoms with E-state index >= 15 is 0 Å². The van der Waals surface area contributed by atoms with Crippen molar-refractivity contribution in [2.24, 2.45) is 7.05 Å². The summed E-state index contributed by atoms with van der Waals surface area (Å²) in [4.78, 5) is 12.5. The van der Waals surface area contributed by atoms with Gasteiger partial charge in [-0.1, -0.05) is 18.2 Å². The molecule has 0 aliphatic rings. The first kappa shape index (κ1) is 13.5. The third-order valence-electron chi connectivity index (χ3n) is 3.90. The van der Waals surface area contributed by atoms with E-state index in [4.69, 9.17) is 0 Å². The molecular formula is C16H20N2O. The second-order valence-electron chi connectivity index (χ2n) is 5.12. The number of aryl methyl sites for hydroxylation is 3. The maximum absolute atomic E-state index is 12.5. The lowest BCUT2D eigenvalue weighted by molar-refractivity contribution is 0.0992. The molecule has 2 rings (SSSR count). The summed E-state index contributed by atoms with van der Waals surface area (Å²) in [6.45, 7) is 8.00. The van der Waals surface area contributed by atoms with Gasteiger partial charge in [-0.3, -0.25) is 9.48 Å². The van der Waals surface area contributed by atoms with E-state index in [0.717, 1.165) is 33.6 Å². The summed E-state index contributed by atoms with van der Waals surface area (Å²) in [7, 11) is 1.91. The highest BCUT2D eigenvalue weighted by Gasteiger charge is 2.16. The standard InChI is InChI=1S/C16H20N2O/c1-10-7-6-8-14(11(10)2)16(19)9-15-12(3)17-18(5)13(15)4/h6-8H,9H2,1-5H3. The van der Waals surface area contributed by atoms with Crippen molar-refractivity contribution in [1.29, 1.82) is 0 Å². The molecule has 0 amide bonds. The normalized spacial score (nSPS) is 10.8. The minimum atomic E-state index is 0.167. The fourth-order valence-corrected chi connectivity index (χ4v) is 2.38. The van der Waals surface area contributed by atoms with Crippen LogP contribution in [0.5, 0.6) is 0 Å². The predicted molar refractivity (Wildman–Crippen MR) is 76.6 cm³/mol. The lowest BCUT2D eigenvalue weighted by Gasteiger charge is -2.08. The van der Waals surface area contributed by atoms with Crippen LogP contribution in [0.1, 0.15) is 38.4 Å². The van der Waals surface area contributed by atoms with E-state index in [-0.39, 0.29) is 5.78 Å². The molecule has 0 aliphatic heterocycles. The van der Waals surface area contributed by atoms with Crippen molar-refractivity contribution in [1.82, 2.24) is 9.78 Å². The zero-order valence-corrected chi connectivity index (χ0v) is 12.2. The Morgan fingerprint density at radius 1 is 1.21 bits per heavy atom. The SMILES string of the molecule is Cc1cccc(C(=O)Cc2c(C)nn(C)c2C)c1C. The molecule has 1 aromatic carbocycles. The maximum Gasteiger partial charge on any atom is 0.167 e. The summed E-state index contributed by atoms with van der Waals surface area (Å²) >= 11 is 0. The molecule has 0 unspecified atom stereocenters. The molecular weight excluding hydrogens is 236 g/mol. The highest BCUT2D eigenvalue weighted by molar-refractivity contribution is 5.99. The van der Waals surface area contributed by atoms with Gasteiger partial charge in [0.15, 0.2) is 5.78 Å². The monoisotopic (exact) mass is 256 g/mol. The van der Waals surface area contributed by atoms with Gasteiger partial charge in [-0.05, 0) is 38.8 Å². The maximum atomic E-state index is 12.5. The Kier molecular flexibility index (Phi) is 3.56. The van der Waals surface area contributed by atoms with E-state index in [1.807, 2.05) is 57.6 Å². The minimum Gasteiger partial charge on any atom is -0.294 e. The Morgan fingerprint density at radius 3 is 2.47 bits per heavy atom. The van der Waals surface area contributed by atoms with Crippen LogP contribution < -0.4 is 0 Å². The molecule has 2 aromatic rings. The fraction of sp³-hybridized carbons (Fsp3) is 0.375. The molecule has 1 aromatic heterocycles. The lowest BCUT2D eigenvalue weighted by Crippen LogP contribution is -2.08. The van der Waals surface area contributed by atoms with Gasteiger partial charge in [0.2, 0.25) is 0 Å². The molecule has 0 atom stereocenters. The van der Waals surface area contributed by atoms with E-state index in [9.17, 15) is 4.79 Å². The quantitative estimate of drug-likeness (QED) is 0.791. The molecule has 0 N–H and O–H groups in total. The van der Waals surface area contributed by atoms with Gasteiger partial charge >= 0.3 is 0 Å². The second kappa shape index (κ2) is 5.00. The van der Waals surface area contributed by atoms with Crippen molar-refractivity contribution in [3.63, 3.8) is 0 Å². The zero-order chi connectivity index (χ0) is 14.2. The molecule has 0 saturated carbocycles. The van der Waals surface area contributed by atoms with Gasteiger partial charge in [0.25, 0.3) is 0 Å². The smallest absolute Gasteiger partial charge is 0.167 e. The number of rotatable bonds is 3. The number of benzene rings is 1. The van der Waals surface area contributed by atoms with Crippen LogP contribution in [0.2, 0.25) is 0 Å². The van der Waals surface area contributed by atoms with Crippen molar-refractivity contribution in [3.05, 3.63) is 51.8 Å². The van der Waals surface area contributed by atoms with Crippen molar-refractivity contribution in [2.75, 3.05) is 0 Å². The van der Waals surface area contributed by atoms with E-state index in [2.05, 4.69) is 5.10 Å². The van der Waals surface area contributed by atoms with E-state index < -0.39 is 0 Å². The van der Waals surface area contributed by atoms with Crippen LogP contribution in [0.4, 0.5) is 0 Å². The van der Waals surface area contributed by atoms with Crippen molar-refractivity contribution in [2.45, 2.75) is 34.1 Å². The number of hydrogen-bond donors (Lipinski definition) is 0. The number of carbonyl (C=O) groups excluding carboxylic acids is 1. The van der Waals surface area contributed by atoms with Gasteiger partial charge in [0, 0.05) is 30.3 Å². The number of nitrogens with zero attached hydrogens (tertiary/aromatic N) is 2. The first-order chi connectivity index (χ1) is 8.91. The van der Waals surface area contributed by atoms with Gasteiger partial charge in [0.1, 0.15) is 0 Å². The lowest BCUT2D eigenvalue weighted by atomic mass is 9.96. The number of carbonyl (C=O) groups is 1. The topological polar surface area (TPSA) is 34.9 Å². The van der Waals surface area contributed by atoms with Crippen LogP contribution in [0.15, 0.2) is 18.2 Å². The van der Waals surface area contributed by atoms with Gasteiger partial charge in [-0.25, -0.2) is 0 Å². The average molecular weight is 256 g/mol. The largest absolute Gasteiger partial charge is 0.294 e. The Morgan fingerprint density at radius 2 is 1.89 bits per heavy atom.